The van der Waals surface area contributed by atoms with Gasteiger partial charge in [0.15, 0.2) is 0 Å². The van der Waals surface area contributed by atoms with Crippen LogP contribution in [0.15, 0.2) is 58.5 Å². The first kappa shape index (κ1) is 13.8. The van der Waals surface area contributed by atoms with Gasteiger partial charge in [-0.1, -0.05) is 23.2 Å². The van der Waals surface area contributed by atoms with E-state index >= 15 is 0 Å². The van der Waals surface area contributed by atoms with Gasteiger partial charge in [-0.2, -0.15) is 9.98 Å². The van der Waals surface area contributed by atoms with Crippen molar-refractivity contribution < 1.29 is 8.37 Å². The van der Waals surface area contributed by atoms with E-state index in [1.165, 1.54) is 0 Å². The third-order valence-corrected chi connectivity index (χ3v) is 4.64. The average molecular weight is 351 g/mol. The highest BCUT2D eigenvalue weighted by Crippen LogP contribution is 2.34. The second-order valence-corrected chi connectivity index (χ2v) is 6.57. The van der Waals surface area contributed by atoms with Crippen LogP contribution in [-0.4, -0.2) is 16.9 Å². The molecule has 2 aromatic rings. The summed E-state index contributed by atoms with van der Waals surface area (Å²) in [6.45, 7) is 0. The molecule has 0 radical (unpaired) electrons. The zero-order chi connectivity index (χ0) is 15.1. The number of benzene rings is 2. The molecular weight excluding hydrogens is 343 g/mol. The molecule has 110 valence electrons. The fourth-order valence-corrected chi connectivity index (χ4v) is 3.26. The maximum absolute atomic E-state index is 5.87. The lowest BCUT2D eigenvalue weighted by Gasteiger charge is -2.07. The second-order valence-electron chi connectivity index (χ2n) is 4.53. The molecule has 0 saturated carbocycles. The molecule has 2 aliphatic rings. The minimum atomic E-state index is -0.896. The average Bonchev–Trinajstić information content (AvgIpc) is 3.07. The molecule has 0 spiro atoms. The summed E-state index contributed by atoms with van der Waals surface area (Å²) in [6, 6.07) is 14.5. The Labute approximate surface area is 139 Å². The van der Waals surface area contributed by atoms with Crippen LogP contribution in [0.4, 0.5) is 0 Å². The highest BCUT2D eigenvalue weighted by molar-refractivity contribution is 8.08. The predicted molar refractivity (Wildman–Crippen MR) is 90.7 cm³/mol. The van der Waals surface area contributed by atoms with Gasteiger partial charge in [-0.25, -0.2) is 0 Å². The quantitative estimate of drug-likeness (QED) is 0.751. The Morgan fingerprint density at radius 1 is 0.682 bits per heavy atom. The van der Waals surface area contributed by atoms with E-state index in [-0.39, 0.29) is 0 Å². The molecule has 0 unspecified atom stereocenters. The van der Waals surface area contributed by atoms with Crippen molar-refractivity contribution in [3.05, 3.63) is 69.7 Å². The van der Waals surface area contributed by atoms with E-state index in [2.05, 4.69) is 9.98 Å². The third kappa shape index (κ3) is 2.52. The number of rotatable bonds is 2. The summed E-state index contributed by atoms with van der Waals surface area (Å²) < 4.78 is 11.4. The number of aliphatic imine (C=N–C) groups is 2. The fourth-order valence-electron chi connectivity index (χ4n) is 1.96. The van der Waals surface area contributed by atoms with E-state index in [1.807, 2.05) is 24.3 Å². The van der Waals surface area contributed by atoms with E-state index < -0.39 is 11.0 Å². The Bertz CT molecular complexity index is 773. The fraction of sp³-hybridized carbons (Fsp3) is 0. The highest BCUT2D eigenvalue weighted by Gasteiger charge is 2.29. The van der Waals surface area contributed by atoms with Gasteiger partial charge in [-0.3, -0.25) is 0 Å². The smallest absolute Gasteiger partial charge is 0.262 e. The molecule has 7 heteroatoms. The normalized spacial score (nSPS) is 16.7. The largest absolute Gasteiger partial charge is 0.376 e. The van der Waals surface area contributed by atoms with Crippen LogP contribution in [0.1, 0.15) is 11.1 Å². The van der Waals surface area contributed by atoms with Crippen molar-refractivity contribution in [3.63, 3.8) is 0 Å². The highest BCUT2D eigenvalue weighted by atomic mass is 35.5. The number of hydrogen-bond acceptors (Lipinski definition) is 4. The van der Waals surface area contributed by atoms with Gasteiger partial charge in [0.1, 0.15) is 0 Å². The zero-order valence-corrected chi connectivity index (χ0v) is 13.3. The summed E-state index contributed by atoms with van der Waals surface area (Å²) in [7, 11) is 0. The molecule has 0 aliphatic carbocycles. The molecule has 0 N–H and O–H groups in total. The van der Waals surface area contributed by atoms with E-state index in [1.54, 1.807) is 24.3 Å². The molecule has 22 heavy (non-hydrogen) atoms. The summed E-state index contributed by atoms with van der Waals surface area (Å²) in [4.78, 5) is 8.77. The van der Waals surface area contributed by atoms with Crippen LogP contribution in [0.3, 0.4) is 0 Å². The van der Waals surface area contributed by atoms with Crippen molar-refractivity contribution in [2.75, 3.05) is 0 Å². The maximum atomic E-state index is 5.87. The van der Waals surface area contributed by atoms with E-state index in [9.17, 15) is 0 Å². The van der Waals surface area contributed by atoms with Crippen molar-refractivity contribution >= 4 is 51.2 Å². The monoisotopic (exact) mass is 350 g/mol. The molecular formula is C15H8Cl2N2O2S. The molecule has 0 atom stereocenters. The number of hydrogen-bond donors (Lipinski definition) is 0. The Kier molecular flexibility index (Phi) is 3.41. The molecule has 0 aromatic heterocycles. The van der Waals surface area contributed by atoms with Crippen molar-refractivity contribution in [1.29, 1.82) is 0 Å². The van der Waals surface area contributed by atoms with Crippen molar-refractivity contribution in [2.45, 2.75) is 0 Å². The first-order chi connectivity index (χ1) is 10.7. The van der Waals surface area contributed by atoms with Gasteiger partial charge < -0.3 is 8.37 Å². The Hall–Kier alpha value is -1.82. The molecule has 0 amide bonds. The maximum Gasteiger partial charge on any atom is 0.262 e. The predicted octanol–water partition coefficient (Wildman–Crippen LogP) is 4.43. The minimum absolute atomic E-state index is 0.494. The van der Waals surface area contributed by atoms with Gasteiger partial charge >= 0.3 is 0 Å². The second kappa shape index (κ2) is 5.43. The first-order valence-electron chi connectivity index (χ1n) is 6.36. The standard InChI is InChI=1S/C15H8Cl2N2O2S/c16-11-5-1-9(2-6-11)13-18-15-19-14(21-22(15)20-13)10-3-7-12(17)8-4-10/h1-8H. The molecule has 2 aliphatic heterocycles. The Morgan fingerprint density at radius 3 is 1.45 bits per heavy atom. The third-order valence-electron chi connectivity index (χ3n) is 3.04. The van der Waals surface area contributed by atoms with Gasteiger partial charge in [-0.15, -0.1) is 0 Å². The van der Waals surface area contributed by atoms with Gasteiger partial charge in [0.05, 0.1) is 0 Å². The van der Waals surface area contributed by atoms with Crippen LogP contribution in [0.5, 0.6) is 0 Å². The molecule has 0 fully saturated rings. The van der Waals surface area contributed by atoms with Crippen LogP contribution in [0.2, 0.25) is 10.0 Å². The zero-order valence-electron chi connectivity index (χ0n) is 11.0. The minimum Gasteiger partial charge on any atom is -0.376 e. The van der Waals surface area contributed by atoms with E-state index in [0.29, 0.717) is 27.0 Å². The summed E-state index contributed by atoms with van der Waals surface area (Å²) in [5.74, 6) is 0.989. The van der Waals surface area contributed by atoms with E-state index in [4.69, 9.17) is 31.6 Å². The van der Waals surface area contributed by atoms with Crippen LogP contribution < -0.4 is 0 Å². The molecule has 2 aromatic carbocycles. The topological polar surface area (TPSA) is 43.2 Å². The van der Waals surface area contributed by atoms with Crippen molar-refractivity contribution in [3.8, 4) is 0 Å². The molecule has 0 saturated heterocycles. The van der Waals surface area contributed by atoms with Gasteiger partial charge in [0.25, 0.3) is 5.11 Å². The summed E-state index contributed by atoms with van der Waals surface area (Å²) >= 11 is 10.8. The Morgan fingerprint density at radius 2 is 1.09 bits per heavy atom. The summed E-state index contributed by atoms with van der Waals surface area (Å²) in [6.07, 6.45) is 0. The summed E-state index contributed by atoms with van der Waals surface area (Å²) in [5, 5.41) is 1.86. The molecule has 4 rings (SSSR count). The Balaban J connectivity index is 1.59. The first-order valence-corrected chi connectivity index (χ1v) is 8.19. The van der Waals surface area contributed by atoms with Gasteiger partial charge in [0, 0.05) is 21.2 Å². The van der Waals surface area contributed by atoms with Crippen LogP contribution in [0, 0.1) is 0 Å². The number of halogens is 2. The molecule has 4 nitrogen and oxygen atoms in total. The van der Waals surface area contributed by atoms with Gasteiger partial charge in [0.2, 0.25) is 22.8 Å². The van der Waals surface area contributed by atoms with Crippen LogP contribution in [-0.2, 0) is 8.37 Å². The van der Waals surface area contributed by atoms with Crippen molar-refractivity contribution in [1.82, 2.24) is 0 Å². The number of nitrogens with zero attached hydrogens (tertiary/aromatic N) is 2. The van der Waals surface area contributed by atoms with Crippen LogP contribution in [0.25, 0.3) is 0 Å². The van der Waals surface area contributed by atoms with Gasteiger partial charge in [-0.05, 0) is 48.5 Å². The van der Waals surface area contributed by atoms with Crippen molar-refractivity contribution in [2.24, 2.45) is 9.98 Å². The molecule has 0 bridgehead atoms. The molecule has 2 heterocycles. The lowest BCUT2D eigenvalue weighted by Crippen LogP contribution is -2.05. The van der Waals surface area contributed by atoms with E-state index in [0.717, 1.165) is 11.1 Å². The summed E-state index contributed by atoms with van der Waals surface area (Å²) in [5.41, 5.74) is 1.68. The SMILES string of the molecule is Clc1ccc(C2=NC3=S(O2)OC(c2ccc(Cl)cc2)=N3)cc1. The lowest BCUT2D eigenvalue weighted by molar-refractivity contribution is 0.539. The van der Waals surface area contributed by atoms with Crippen LogP contribution >= 0.6 is 34.2 Å². The lowest BCUT2D eigenvalue weighted by atomic mass is 10.2.